The van der Waals surface area contributed by atoms with Gasteiger partial charge in [0.1, 0.15) is 6.23 Å². The molecule has 3 atom stereocenters. The van der Waals surface area contributed by atoms with Crippen LogP contribution in [-0.4, -0.2) is 38.6 Å². The highest BCUT2D eigenvalue weighted by atomic mass is 16.5. The lowest BCUT2D eigenvalue weighted by molar-refractivity contribution is -0.143. The molecule has 0 aliphatic carbocycles. The second-order valence-corrected chi connectivity index (χ2v) is 4.50. The van der Waals surface area contributed by atoms with Crippen molar-refractivity contribution in [1.82, 2.24) is 9.55 Å². The number of aryl methyl sites for hydroxylation is 1. The third-order valence-corrected chi connectivity index (χ3v) is 3.02. The smallest absolute Gasteiger partial charge is 0.330 e. The highest BCUT2D eigenvalue weighted by molar-refractivity contribution is 5.01. The maximum absolute atomic E-state index is 11.7. The Hall–Kier alpha value is -1.44. The van der Waals surface area contributed by atoms with Gasteiger partial charge < -0.3 is 14.9 Å². The van der Waals surface area contributed by atoms with Gasteiger partial charge in [0.05, 0.1) is 18.8 Å². The minimum absolute atomic E-state index is 0.218. The van der Waals surface area contributed by atoms with Crippen molar-refractivity contribution in [2.45, 2.75) is 38.2 Å². The van der Waals surface area contributed by atoms with Crippen molar-refractivity contribution < 1.29 is 14.9 Å². The van der Waals surface area contributed by atoms with Gasteiger partial charge in [-0.15, -0.1) is 0 Å². The summed E-state index contributed by atoms with van der Waals surface area (Å²) in [5.74, 6) is 0. The molecule has 0 aromatic carbocycles. The molecule has 3 N–H and O–H groups in total. The number of aromatic amines is 1. The van der Waals surface area contributed by atoms with Crippen LogP contribution >= 0.6 is 0 Å². The summed E-state index contributed by atoms with van der Waals surface area (Å²) in [7, 11) is 0. The second kappa shape index (κ2) is 5.05. The molecule has 1 saturated heterocycles. The summed E-state index contributed by atoms with van der Waals surface area (Å²) in [6.45, 7) is 1.36. The van der Waals surface area contributed by atoms with Crippen LogP contribution in [0.15, 0.2) is 15.8 Å². The molecule has 18 heavy (non-hydrogen) atoms. The molecular weight excluding hydrogens is 240 g/mol. The van der Waals surface area contributed by atoms with E-state index in [4.69, 9.17) is 9.84 Å². The minimum Gasteiger partial charge on any atom is -0.394 e. The predicted molar refractivity (Wildman–Crippen MR) is 62.3 cm³/mol. The van der Waals surface area contributed by atoms with E-state index in [-0.39, 0.29) is 13.0 Å². The number of ether oxygens (including phenoxy) is 1. The third kappa shape index (κ3) is 2.53. The van der Waals surface area contributed by atoms with E-state index in [1.807, 2.05) is 0 Å². The molecule has 2 heterocycles. The first-order valence-electron chi connectivity index (χ1n) is 5.77. The third-order valence-electron chi connectivity index (χ3n) is 3.02. The van der Waals surface area contributed by atoms with Gasteiger partial charge >= 0.3 is 5.69 Å². The summed E-state index contributed by atoms with van der Waals surface area (Å²) in [6.07, 6.45) is 0.177. The Morgan fingerprint density at radius 1 is 1.50 bits per heavy atom. The van der Waals surface area contributed by atoms with Crippen molar-refractivity contribution in [1.29, 1.82) is 0 Å². The van der Waals surface area contributed by atoms with Crippen LogP contribution in [-0.2, 0) is 4.74 Å². The fourth-order valence-electron chi connectivity index (χ4n) is 2.06. The van der Waals surface area contributed by atoms with E-state index in [1.54, 1.807) is 6.92 Å². The molecule has 0 radical (unpaired) electrons. The summed E-state index contributed by atoms with van der Waals surface area (Å²) >= 11 is 0. The van der Waals surface area contributed by atoms with E-state index in [2.05, 4.69) is 4.98 Å². The molecule has 2 rings (SSSR count). The van der Waals surface area contributed by atoms with Gasteiger partial charge in [-0.05, 0) is 6.92 Å². The summed E-state index contributed by atoms with van der Waals surface area (Å²) in [4.78, 5) is 25.1. The van der Waals surface area contributed by atoms with Crippen molar-refractivity contribution >= 4 is 0 Å². The van der Waals surface area contributed by atoms with Gasteiger partial charge in [0.15, 0.2) is 0 Å². The quantitative estimate of drug-likeness (QED) is 0.621. The first-order valence-corrected chi connectivity index (χ1v) is 5.77. The fourth-order valence-corrected chi connectivity index (χ4v) is 2.06. The Kier molecular flexibility index (Phi) is 3.65. The zero-order valence-electron chi connectivity index (χ0n) is 10.00. The van der Waals surface area contributed by atoms with Crippen molar-refractivity contribution in [3.05, 3.63) is 32.6 Å². The highest BCUT2D eigenvalue weighted by Gasteiger charge is 2.29. The summed E-state index contributed by atoms with van der Waals surface area (Å²) in [6, 6.07) is 0. The van der Waals surface area contributed by atoms with Crippen LogP contribution < -0.4 is 11.2 Å². The fraction of sp³-hybridized carbons (Fsp3) is 0.636. The van der Waals surface area contributed by atoms with Gasteiger partial charge in [-0.1, -0.05) is 0 Å². The molecule has 0 unspecified atom stereocenters. The first kappa shape index (κ1) is 13.0. The number of aromatic nitrogens is 2. The second-order valence-electron chi connectivity index (χ2n) is 4.50. The maximum Gasteiger partial charge on any atom is 0.330 e. The average molecular weight is 256 g/mol. The standard InChI is InChI=1S/C11H16N2O5/c1-6-4-13(11(17)12-10(6)16)9-3-7(15)2-8(5-14)18-9/h4,7-9,14-15H,2-3,5H2,1H3,(H,12,16,17)/t7-,8+,9-/m1/s1. The average Bonchev–Trinajstić information content (AvgIpc) is 2.33. The van der Waals surface area contributed by atoms with Crippen LogP contribution in [0.25, 0.3) is 0 Å². The van der Waals surface area contributed by atoms with Crippen LogP contribution in [0.3, 0.4) is 0 Å². The first-order chi connectivity index (χ1) is 8.51. The molecule has 100 valence electrons. The van der Waals surface area contributed by atoms with Gasteiger partial charge in [-0.2, -0.15) is 0 Å². The Morgan fingerprint density at radius 2 is 2.22 bits per heavy atom. The molecule has 7 nitrogen and oxygen atoms in total. The summed E-state index contributed by atoms with van der Waals surface area (Å²) < 4.78 is 6.74. The molecule has 1 aromatic rings. The number of hydrogen-bond acceptors (Lipinski definition) is 5. The Labute approximate surface area is 103 Å². The predicted octanol–water partition coefficient (Wildman–Crippen LogP) is -1.12. The Balaban J connectivity index is 2.33. The maximum atomic E-state index is 11.7. The molecule has 1 fully saturated rings. The zero-order valence-corrected chi connectivity index (χ0v) is 10.00. The summed E-state index contributed by atoms with van der Waals surface area (Å²) in [5.41, 5.74) is -0.633. The molecule has 0 saturated carbocycles. The van der Waals surface area contributed by atoms with Gasteiger partial charge in [0.2, 0.25) is 0 Å². The van der Waals surface area contributed by atoms with Gasteiger partial charge in [0, 0.05) is 24.6 Å². The Bertz CT molecular complexity index is 535. The molecule has 0 spiro atoms. The molecular formula is C11H16N2O5. The van der Waals surface area contributed by atoms with Crippen LogP contribution in [0.4, 0.5) is 0 Å². The lowest BCUT2D eigenvalue weighted by Gasteiger charge is -2.33. The number of nitrogens with zero attached hydrogens (tertiary/aromatic N) is 1. The highest BCUT2D eigenvalue weighted by Crippen LogP contribution is 2.25. The van der Waals surface area contributed by atoms with Gasteiger partial charge in [-0.25, -0.2) is 4.79 Å². The normalized spacial score (nSPS) is 28.3. The Morgan fingerprint density at radius 3 is 2.89 bits per heavy atom. The van der Waals surface area contributed by atoms with Crippen LogP contribution in [0.1, 0.15) is 24.6 Å². The number of rotatable bonds is 2. The number of nitrogens with one attached hydrogen (secondary N) is 1. The molecule has 0 amide bonds. The number of aliphatic hydroxyl groups is 2. The molecule has 1 aliphatic heterocycles. The van der Waals surface area contributed by atoms with Crippen LogP contribution in [0.2, 0.25) is 0 Å². The van der Waals surface area contributed by atoms with Crippen molar-refractivity contribution in [2.75, 3.05) is 6.61 Å². The summed E-state index contributed by atoms with van der Waals surface area (Å²) in [5, 5.41) is 18.7. The minimum atomic E-state index is -0.672. The molecule has 0 bridgehead atoms. The van der Waals surface area contributed by atoms with Crippen molar-refractivity contribution in [2.24, 2.45) is 0 Å². The van der Waals surface area contributed by atoms with Crippen LogP contribution in [0, 0.1) is 6.92 Å². The lowest BCUT2D eigenvalue weighted by Crippen LogP contribution is -2.41. The van der Waals surface area contributed by atoms with E-state index >= 15 is 0 Å². The van der Waals surface area contributed by atoms with E-state index in [0.717, 1.165) is 0 Å². The number of hydrogen-bond donors (Lipinski definition) is 3. The molecule has 1 aliphatic rings. The monoisotopic (exact) mass is 256 g/mol. The lowest BCUT2D eigenvalue weighted by atomic mass is 10.0. The van der Waals surface area contributed by atoms with Crippen molar-refractivity contribution in [3.8, 4) is 0 Å². The topological polar surface area (TPSA) is 105 Å². The molecule has 1 aromatic heterocycles. The number of aliphatic hydroxyl groups excluding tert-OH is 2. The van der Waals surface area contributed by atoms with E-state index < -0.39 is 29.7 Å². The van der Waals surface area contributed by atoms with E-state index in [9.17, 15) is 14.7 Å². The van der Waals surface area contributed by atoms with Crippen LogP contribution in [0.5, 0.6) is 0 Å². The van der Waals surface area contributed by atoms with E-state index in [1.165, 1.54) is 10.8 Å². The molecule has 7 heteroatoms. The SMILES string of the molecule is Cc1cn([C@H]2C[C@H](O)C[C@@H](CO)O2)c(=O)[nH]c1=O. The number of H-pyrrole nitrogens is 1. The van der Waals surface area contributed by atoms with Gasteiger partial charge in [-0.3, -0.25) is 14.3 Å². The van der Waals surface area contributed by atoms with Gasteiger partial charge in [0.25, 0.3) is 5.56 Å². The van der Waals surface area contributed by atoms with E-state index in [0.29, 0.717) is 12.0 Å². The van der Waals surface area contributed by atoms with Crippen molar-refractivity contribution in [3.63, 3.8) is 0 Å². The zero-order chi connectivity index (χ0) is 13.3. The largest absolute Gasteiger partial charge is 0.394 e.